The van der Waals surface area contributed by atoms with Crippen LogP contribution in [-0.4, -0.2) is 52.0 Å². The van der Waals surface area contributed by atoms with Crippen LogP contribution in [0, 0.1) is 0 Å². The molecule has 0 spiro atoms. The van der Waals surface area contributed by atoms with E-state index in [0.29, 0.717) is 11.7 Å². The monoisotopic (exact) mass is 393 g/mol. The number of anilines is 3. The molecular formula is C21H27N7O. The molecule has 8 nitrogen and oxygen atoms in total. The molecule has 0 bridgehead atoms. The Morgan fingerprint density at radius 3 is 2.52 bits per heavy atom. The number of morpholine rings is 1. The van der Waals surface area contributed by atoms with Gasteiger partial charge >= 0.3 is 0 Å². The standard InChI is InChI=1S/C21H27N7O/c1-2-4-16(5-3-1)25-21-19-20(22-14-23-21)24-15-28(19)26-17-6-8-18(9-7-17)27-10-12-29-13-11-27/h6-9,14-16,26H,1-5,10-13H2,(H,22,23,25). The van der Waals surface area contributed by atoms with E-state index in [4.69, 9.17) is 4.74 Å². The summed E-state index contributed by atoms with van der Waals surface area (Å²) in [4.78, 5) is 15.6. The molecule has 3 heterocycles. The van der Waals surface area contributed by atoms with Crippen LogP contribution >= 0.6 is 0 Å². The smallest absolute Gasteiger partial charge is 0.185 e. The molecule has 2 aromatic heterocycles. The number of benzene rings is 1. The molecule has 152 valence electrons. The highest BCUT2D eigenvalue weighted by Gasteiger charge is 2.17. The van der Waals surface area contributed by atoms with Crippen molar-refractivity contribution in [3.05, 3.63) is 36.9 Å². The first kappa shape index (κ1) is 18.2. The lowest BCUT2D eigenvalue weighted by molar-refractivity contribution is 0.122. The van der Waals surface area contributed by atoms with Crippen LogP contribution in [0.5, 0.6) is 0 Å². The van der Waals surface area contributed by atoms with Crippen molar-refractivity contribution in [1.82, 2.24) is 19.6 Å². The van der Waals surface area contributed by atoms with Crippen molar-refractivity contribution >= 4 is 28.4 Å². The van der Waals surface area contributed by atoms with Crippen molar-refractivity contribution < 1.29 is 4.74 Å². The molecule has 8 heteroatoms. The van der Waals surface area contributed by atoms with E-state index in [9.17, 15) is 0 Å². The minimum Gasteiger partial charge on any atom is -0.378 e. The number of rotatable bonds is 5. The van der Waals surface area contributed by atoms with E-state index in [1.165, 1.54) is 37.8 Å². The van der Waals surface area contributed by atoms with Crippen molar-refractivity contribution in [1.29, 1.82) is 0 Å². The quantitative estimate of drug-likeness (QED) is 0.688. The van der Waals surface area contributed by atoms with Crippen molar-refractivity contribution in [2.24, 2.45) is 0 Å². The summed E-state index contributed by atoms with van der Waals surface area (Å²) >= 11 is 0. The number of hydrogen-bond donors (Lipinski definition) is 2. The molecule has 1 saturated carbocycles. The van der Waals surface area contributed by atoms with E-state index < -0.39 is 0 Å². The number of ether oxygens (including phenoxy) is 1. The Kier molecular flexibility index (Phi) is 5.17. The minimum absolute atomic E-state index is 0.470. The van der Waals surface area contributed by atoms with E-state index in [1.54, 1.807) is 12.7 Å². The van der Waals surface area contributed by atoms with Gasteiger partial charge < -0.3 is 15.0 Å². The predicted octanol–water partition coefficient (Wildman–Crippen LogP) is 3.28. The summed E-state index contributed by atoms with van der Waals surface area (Å²) in [5, 5.41) is 3.62. The molecule has 1 aliphatic heterocycles. The Hall–Kier alpha value is -2.87. The van der Waals surface area contributed by atoms with Crippen LogP contribution in [0.1, 0.15) is 32.1 Å². The first-order valence-electron chi connectivity index (χ1n) is 10.5. The fourth-order valence-electron chi connectivity index (χ4n) is 4.19. The van der Waals surface area contributed by atoms with E-state index in [2.05, 4.69) is 54.9 Å². The van der Waals surface area contributed by atoms with Gasteiger partial charge in [0.25, 0.3) is 0 Å². The number of fused-ring (bicyclic) bond motifs is 1. The zero-order valence-corrected chi connectivity index (χ0v) is 16.5. The lowest BCUT2D eigenvalue weighted by atomic mass is 9.95. The van der Waals surface area contributed by atoms with Gasteiger partial charge in [-0.05, 0) is 37.1 Å². The van der Waals surface area contributed by atoms with Crippen LogP contribution in [-0.2, 0) is 4.74 Å². The molecule has 5 rings (SSSR count). The SMILES string of the molecule is c1nc(NC2CCCCC2)c2c(n1)ncn2Nc1ccc(N2CCOCC2)cc1. The topological polar surface area (TPSA) is 80.1 Å². The maximum atomic E-state index is 5.44. The summed E-state index contributed by atoms with van der Waals surface area (Å²) in [5.74, 6) is 0.844. The molecule has 0 amide bonds. The normalized spacial score (nSPS) is 18.1. The lowest BCUT2D eigenvalue weighted by Gasteiger charge is -2.29. The van der Waals surface area contributed by atoms with Crippen LogP contribution < -0.4 is 15.6 Å². The Morgan fingerprint density at radius 1 is 0.931 bits per heavy atom. The number of hydrogen-bond acceptors (Lipinski definition) is 7. The van der Waals surface area contributed by atoms with Crippen LogP contribution in [0.2, 0.25) is 0 Å². The first-order chi connectivity index (χ1) is 14.4. The zero-order valence-electron chi connectivity index (χ0n) is 16.5. The third-order valence-electron chi connectivity index (χ3n) is 5.78. The van der Waals surface area contributed by atoms with Crippen molar-refractivity contribution in [2.45, 2.75) is 38.1 Å². The van der Waals surface area contributed by atoms with Gasteiger partial charge in [-0.1, -0.05) is 19.3 Å². The summed E-state index contributed by atoms with van der Waals surface area (Å²) in [5.41, 5.74) is 7.21. The third-order valence-corrected chi connectivity index (χ3v) is 5.78. The van der Waals surface area contributed by atoms with E-state index in [0.717, 1.165) is 43.3 Å². The molecule has 1 saturated heterocycles. The number of nitrogens with one attached hydrogen (secondary N) is 2. The Balaban J connectivity index is 1.36. The lowest BCUT2D eigenvalue weighted by Crippen LogP contribution is -2.36. The highest BCUT2D eigenvalue weighted by Crippen LogP contribution is 2.25. The van der Waals surface area contributed by atoms with Gasteiger partial charge in [-0.2, -0.15) is 0 Å². The summed E-state index contributed by atoms with van der Waals surface area (Å²) in [6.07, 6.45) is 9.62. The molecule has 2 aliphatic rings. The van der Waals surface area contributed by atoms with Crippen LogP contribution in [0.3, 0.4) is 0 Å². The van der Waals surface area contributed by atoms with Gasteiger partial charge in [-0.15, -0.1) is 0 Å². The van der Waals surface area contributed by atoms with Gasteiger partial charge in [-0.3, -0.25) is 5.43 Å². The van der Waals surface area contributed by atoms with Crippen molar-refractivity contribution in [3.8, 4) is 0 Å². The average Bonchev–Trinajstić information content (AvgIpc) is 3.19. The minimum atomic E-state index is 0.470. The van der Waals surface area contributed by atoms with E-state index >= 15 is 0 Å². The van der Waals surface area contributed by atoms with Gasteiger partial charge in [0.2, 0.25) is 0 Å². The molecule has 29 heavy (non-hydrogen) atoms. The van der Waals surface area contributed by atoms with Gasteiger partial charge in [0.15, 0.2) is 17.0 Å². The summed E-state index contributed by atoms with van der Waals surface area (Å²) < 4.78 is 7.35. The van der Waals surface area contributed by atoms with Gasteiger partial charge in [0, 0.05) is 24.8 Å². The maximum absolute atomic E-state index is 5.44. The maximum Gasteiger partial charge on any atom is 0.185 e. The van der Waals surface area contributed by atoms with Gasteiger partial charge in [0.1, 0.15) is 12.7 Å². The van der Waals surface area contributed by atoms with Gasteiger partial charge in [0.05, 0.1) is 18.9 Å². The number of imidazole rings is 1. The van der Waals surface area contributed by atoms with E-state index in [-0.39, 0.29) is 0 Å². The van der Waals surface area contributed by atoms with Gasteiger partial charge in [-0.25, -0.2) is 19.6 Å². The Bertz CT molecular complexity index is 943. The molecule has 0 unspecified atom stereocenters. The molecule has 2 N–H and O–H groups in total. The molecule has 1 aromatic carbocycles. The molecule has 1 aliphatic carbocycles. The Labute approximate surface area is 170 Å². The molecular weight excluding hydrogens is 366 g/mol. The van der Waals surface area contributed by atoms with Crippen molar-refractivity contribution in [3.63, 3.8) is 0 Å². The fraction of sp³-hybridized carbons (Fsp3) is 0.476. The summed E-state index contributed by atoms with van der Waals surface area (Å²) in [6.45, 7) is 3.45. The summed E-state index contributed by atoms with van der Waals surface area (Å²) in [6, 6.07) is 8.94. The van der Waals surface area contributed by atoms with E-state index in [1.807, 2.05) is 4.68 Å². The third kappa shape index (κ3) is 3.98. The zero-order chi connectivity index (χ0) is 19.5. The highest BCUT2D eigenvalue weighted by molar-refractivity contribution is 5.83. The molecule has 3 aromatic rings. The average molecular weight is 393 g/mol. The molecule has 2 fully saturated rings. The summed E-state index contributed by atoms with van der Waals surface area (Å²) in [7, 11) is 0. The fourth-order valence-corrected chi connectivity index (χ4v) is 4.19. The van der Waals surface area contributed by atoms with Crippen LogP contribution in [0.4, 0.5) is 17.2 Å². The van der Waals surface area contributed by atoms with Crippen molar-refractivity contribution in [2.75, 3.05) is 41.9 Å². The predicted molar refractivity (Wildman–Crippen MR) is 114 cm³/mol. The largest absolute Gasteiger partial charge is 0.378 e. The second kappa shape index (κ2) is 8.24. The number of nitrogens with zero attached hydrogens (tertiary/aromatic N) is 5. The van der Waals surface area contributed by atoms with Crippen LogP contribution in [0.25, 0.3) is 11.2 Å². The van der Waals surface area contributed by atoms with Crippen LogP contribution in [0.15, 0.2) is 36.9 Å². The highest BCUT2D eigenvalue weighted by atomic mass is 16.5. The Morgan fingerprint density at radius 2 is 1.72 bits per heavy atom. The molecule has 0 atom stereocenters. The first-order valence-corrected chi connectivity index (χ1v) is 10.5. The second-order valence-corrected chi connectivity index (χ2v) is 7.75. The number of aromatic nitrogens is 4. The molecule has 0 radical (unpaired) electrons. The second-order valence-electron chi connectivity index (χ2n) is 7.75.